The third-order valence-corrected chi connectivity index (χ3v) is 7.43. The molecule has 48 heavy (non-hydrogen) atoms. The standard InChI is InChI=1S/C37H50O7.2C2H6/c1-28(40-25-30(3)42-29(2)23-39-26-35-27-41-36(5,6)44-35)22-38-24-31(4)43-37(32-16-10-7-11-17-32,33-18-12-8-13-19-33)34-20-14-9-15-21-34;2*1-2/h7-21,28-31,35H,22-27H2,1-6H3;2*1-2H3. The van der Waals surface area contributed by atoms with Crippen LogP contribution in [0.2, 0.25) is 0 Å². The van der Waals surface area contributed by atoms with Crippen LogP contribution in [-0.4, -0.2) is 75.9 Å². The van der Waals surface area contributed by atoms with Gasteiger partial charge in [0.15, 0.2) is 5.79 Å². The van der Waals surface area contributed by atoms with E-state index in [1.165, 1.54) is 0 Å². The van der Waals surface area contributed by atoms with Crippen molar-refractivity contribution < 1.29 is 33.2 Å². The Labute approximate surface area is 291 Å². The summed E-state index contributed by atoms with van der Waals surface area (Å²) in [6, 6.07) is 31.2. The first-order valence-electron chi connectivity index (χ1n) is 17.8. The summed E-state index contributed by atoms with van der Waals surface area (Å²) in [6.07, 6.45) is -0.472. The van der Waals surface area contributed by atoms with Gasteiger partial charge in [-0.1, -0.05) is 119 Å². The number of ether oxygens (including phenoxy) is 7. The molecule has 0 aliphatic carbocycles. The monoisotopic (exact) mass is 666 g/mol. The van der Waals surface area contributed by atoms with E-state index in [0.717, 1.165) is 16.7 Å². The fraction of sp³-hybridized carbons (Fsp3) is 0.561. The van der Waals surface area contributed by atoms with Crippen molar-refractivity contribution in [2.75, 3.05) is 39.6 Å². The van der Waals surface area contributed by atoms with Gasteiger partial charge in [0.1, 0.15) is 11.7 Å². The van der Waals surface area contributed by atoms with E-state index in [0.29, 0.717) is 39.6 Å². The van der Waals surface area contributed by atoms with Crippen LogP contribution in [0.25, 0.3) is 0 Å². The van der Waals surface area contributed by atoms with Crippen molar-refractivity contribution in [2.45, 2.75) is 111 Å². The molecule has 1 saturated heterocycles. The minimum absolute atomic E-state index is 0.0432. The van der Waals surface area contributed by atoms with Crippen molar-refractivity contribution in [1.82, 2.24) is 0 Å². The van der Waals surface area contributed by atoms with Crippen molar-refractivity contribution >= 4 is 0 Å². The highest BCUT2D eigenvalue weighted by Crippen LogP contribution is 2.41. The molecule has 7 nitrogen and oxygen atoms in total. The molecule has 3 aromatic rings. The lowest BCUT2D eigenvalue weighted by Crippen LogP contribution is -2.38. The van der Waals surface area contributed by atoms with Crippen molar-refractivity contribution in [3.63, 3.8) is 0 Å². The lowest BCUT2D eigenvalue weighted by atomic mass is 9.80. The van der Waals surface area contributed by atoms with E-state index in [-0.39, 0.29) is 30.5 Å². The SMILES string of the molecule is CC.CC.CC(COCC(C)OC(c1ccccc1)(c1ccccc1)c1ccccc1)OCC(C)OC(C)COCC1COC(C)(C)O1. The van der Waals surface area contributed by atoms with Crippen molar-refractivity contribution in [2.24, 2.45) is 0 Å². The van der Waals surface area contributed by atoms with Crippen LogP contribution in [0, 0.1) is 0 Å². The lowest BCUT2D eigenvalue weighted by molar-refractivity contribution is -0.148. The largest absolute Gasteiger partial charge is 0.376 e. The Bertz CT molecular complexity index is 1110. The van der Waals surface area contributed by atoms with Gasteiger partial charge in [0, 0.05) is 0 Å². The fourth-order valence-corrected chi connectivity index (χ4v) is 5.49. The first-order chi connectivity index (χ1) is 23.2. The molecule has 0 aromatic heterocycles. The Hall–Kier alpha value is -2.62. The third-order valence-electron chi connectivity index (χ3n) is 7.43. The minimum atomic E-state index is -0.781. The van der Waals surface area contributed by atoms with Crippen LogP contribution < -0.4 is 0 Å². The zero-order valence-electron chi connectivity index (χ0n) is 31.1. The van der Waals surface area contributed by atoms with Gasteiger partial charge in [-0.2, -0.15) is 0 Å². The van der Waals surface area contributed by atoms with E-state index >= 15 is 0 Å². The van der Waals surface area contributed by atoms with Gasteiger partial charge in [0.2, 0.25) is 0 Å². The number of hydrogen-bond acceptors (Lipinski definition) is 7. The highest BCUT2D eigenvalue weighted by Gasteiger charge is 2.39. The maximum Gasteiger partial charge on any atom is 0.163 e. The van der Waals surface area contributed by atoms with E-state index in [4.69, 9.17) is 33.2 Å². The van der Waals surface area contributed by atoms with Gasteiger partial charge in [0.25, 0.3) is 0 Å². The van der Waals surface area contributed by atoms with Crippen LogP contribution >= 0.6 is 0 Å². The lowest BCUT2D eigenvalue weighted by Gasteiger charge is -2.38. The van der Waals surface area contributed by atoms with Crippen molar-refractivity contribution in [1.29, 1.82) is 0 Å². The summed E-state index contributed by atoms with van der Waals surface area (Å²) in [5.41, 5.74) is 2.43. The molecule has 0 spiro atoms. The second-order valence-electron chi connectivity index (χ2n) is 12.1. The molecule has 1 heterocycles. The molecule has 7 heteroatoms. The molecular formula is C41H62O7. The molecule has 0 amide bonds. The summed E-state index contributed by atoms with van der Waals surface area (Å²) in [5.74, 6) is -0.537. The molecule has 0 saturated carbocycles. The number of benzene rings is 3. The minimum Gasteiger partial charge on any atom is -0.376 e. The Morgan fingerprint density at radius 2 is 1.06 bits per heavy atom. The number of rotatable bonds is 18. The average Bonchev–Trinajstić information content (AvgIpc) is 3.47. The molecular weight excluding hydrogens is 604 g/mol. The van der Waals surface area contributed by atoms with E-state index in [1.54, 1.807) is 0 Å². The maximum absolute atomic E-state index is 6.98. The highest BCUT2D eigenvalue weighted by atomic mass is 16.7. The van der Waals surface area contributed by atoms with E-state index < -0.39 is 11.4 Å². The Kier molecular flexibility index (Phi) is 19.2. The molecule has 268 valence electrons. The van der Waals surface area contributed by atoms with Crippen LogP contribution in [0.5, 0.6) is 0 Å². The van der Waals surface area contributed by atoms with Crippen LogP contribution in [0.4, 0.5) is 0 Å². The van der Waals surface area contributed by atoms with Crippen molar-refractivity contribution in [3.8, 4) is 0 Å². The van der Waals surface area contributed by atoms with Crippen LogP contribution in [0.1, 0.15) is 85.9 Å². The van der Waals surface area contributed by atoms with Gasteiger partial charge in [-0.25, -0.2) is 0 Å². The van der Waals surface area contributed by atoms with Gasteiger partial charge in [-0.15, -0.1) is 0 Å². The second kappa shape index (κ2) is 22.2. The summed E-state index contributed by atoms with van der Waals surface area (Å²) >= 11 is 0. The van der Waals surface area contributed by atoms with Crippen LogP contribution in [0.3, 0.4) is 0 Å². The zero-order chi connectivity index (χ0) is 35.4. The highest BCUT2D eigenvalue weighted by molar-refractivity contribution is 5.47. The normalized spacial score (nSPS) is 18.0. The second-order valence-corrected chi connectivity index (χ2v) is 12.1. The molecule has 3 aromatic carbocycles. The zero-order valence-corrected chi connectivity index (χ0v) is 31.1. The molecule has 0 bridgehead atoms. The maximum atomic E-state index is 6.98. The van der Waals surface area contributed by atoms with Gasteiger partial charge < -0.3 is 33.2 Å². The quantitative estimate of drug-likeness (QED) is 0.126. The molecule has 0 N–H and O–H groups in total. The van der Waals surface area contributed by atoms with Gasteiger partial charge in [0.05, 0.1) is 64.1 Å². The molecule has 0 radical (unpaired) electrons. The Morgan fingerprint density at radius 3 is 1.52 bits per heavy atom. The average molecular weight is 667 g/mol. The predicted molar refractivity (Wildman–Crippen MR) is 194 cm³/mol. The Balaban J connectivity index is 0.00000193. The first-order valence-corrected chi connectivity index (χ1v) is 17.8. The molecule has 1 aliphatic heterocycles. The molecule has 5 atom stereocenters. The van der Waals surface area contributed by atoms with Gasteiger partial charge in [-0.05, 0) is 58.2 Å². The van der Waals surface area contributed by atoms with Crippen molar-refractivity contribution in [3.05, 3.63) is 108 Å². The van der Waals surface area contributed by atoms with E-state index in [2.05, 4.69) is 79.7 Å². The fourth-order valence-electron chi connectivity index (χ4n) is 5.49. The Morgan fingerprint density at radius 1 is 0.625 bits per heavy atom. The molecule has 4 rings (SSSR count). The van der Waals surface area contributed by atoms with Crippen LogP contribution in [0.15, 0.2) is 91.0 Å². The summed E-state index contributed by atoms with van der Waals surface area (Å²) in [7, 11) is 0. The molecule has 1 fully saturated rings. The van der Waals surface area contributed by atoms with Crippen LogP contribution in [-0.2, 0) is 38.8 Å². The number of hydrogen-bond donors (Lipinski definition) is 0. The van der Waals surface area contributed by atoms with Gasteiger partial charge >= 0.3 is 0 Å². The first kappa shape index (κ1) is 41.6. The summed E-state index contributed by atoms with van der Waals surface area (Å²) in [4.78, 5) is 0. The van der Waals surface area contributed by atoms with Gasteiger partial charge in [-0.3, -0.25) is 0 Å². The molecule has 1 aliphatic rings. The summed E-state index contributed by atoms with van der Waals surface area (Å²) in [6.45, 7) is 22.8. The summed E-state index contributed by atoms with van der Waals surface area (Å²) < 4.78 is 42.3. The third kappa shape index (κ3) is 13.4. The predicted octanol–water partition coefficient (Wildman–Crippen LogP) is 8.82. The smallest absolute Gasteiger partial charge is 0.163 e. The van der Waals surface area contributed by atoms with E-state index in [9.17, 15) is 0 Å². The molecule has 5 unspecified atom stereocenters. The van der Waals surface area contributed by atoms with E-state index in [1.807, 2.05) is 80.5 Å². The topological polar surface area (TPSA) is 64.6 Å². The summed E-state index contributed by atoms with van der Waals surface area (Å²) in [5, 5.41) is 0.